The molecule has 12 aromatic rings. The number of anilines is 4. The molecular formula is C79H70N4O. The third kappa shape index (κ3) is 8.79. The summed E-state index contributed by atoms with van der Waals surface area (Å²) in [7, 11) is 0. The SMILES string of the molecule is CC(C)(C)c1cc(-c2cccc(-c3ccc4c(c3)-c3ccccc3C4(c3ccccc3)c3ccccc3)c2N2CN(c3cccc(Oc4ccc5c6ccccc6n(-c6cc(C(C)(C)C)ccn6)c5c4)c3)c3ccccc32)cc(C(C)(C)C)c1. The smallest absolute Gasteiger partial charge is 0.137 e. The van der Waals surface area contributed by atoms with Crippen LogP contribution in [0.5, 0.6) is 11.5 Å². The molecule has 14 rings (SSSR count). The molecular weight excluding hydrogens is 1020 g/mol. The van der Waals surface area contributed by atoms with Gasteiger partial charge in [0.05, 0.1) is 33.5 Å². The summed E-state index contributed by atoms with van der Waals surface area (Å²) in [5.41, 5.74) is 22.2. The summed E-state index contributed by atoms with van der Waals surface area (Å²) in [6, 6.07) is 89.7. The Labute approximate surface area is 495 Å². The fourth-order valence-corrected chi connectivity index (χ4v) is 13.3. The molecule has 0 N–H and O–H groups in total. The van der Waals surface area contributed by atoms with E-state index >= 15 is 0 Å². The van der Waals surface area contributed by atoms with Gasteiger partial charge in [0.15, 0.2) is 0 Å². The minimum absolute atomic E-state index is 0.0292. The molecule has 0 radical (unpaired) electrons. The van der Waals surface area contributed by atoms with E-state index in [1.807, 2.05) is 6.20 Å². The first-order valence-electron chi connectivity index (χ1n) is 29.6. The second kappa shape index (κ2) is 19.9. The number of pyridine rings is 1. The minimum Gasteiger partial charge on any atom is -0.457 e. The van der Waals surface area contributed by atoms with Crippen molar-refractivity contribution in [3.8, 4) is 50.7 Å². The molecule has 0 atom stereocenters. The van der Waals surface area contributed by atoms with Crippen molar-refractivity contribution in [3.63, 3.8) is 0 Å². The van der Waals surface area contributed by atoms with E-state index in [1.54, 1.807) is 0 Å². The molecule has 412 valence electrons. The Morgan fingerprint density at radius 3 is 1.67 bits per heavy atom. The highest BCUT2D eigenvalue weighted by Crippen LogP contribution is 2.58. The average molecular weight is 1090 g/mol. The van der Waals surface area contributed by atoms with Crippen molar-refractivity contribution in [1.82, 2.24) is 9.55 Å². The molecule has 0 unspecified atom stereocenters. The zero-order valence-electron chi connectivity index (χ0n) is 49.6. The molecule has 84 heavy (non-hydrogen) atoms. The number of benzene rings is 10. The Hall–Kier alpha value is -9.45. The van der Waals surface area contributed by atoms with Crippen molar-refractivity contribution in [2.24, 2.45) is 0 Å². The van der Waals surface area contributed by atoms with Crippen molar-refractivity contribution in [2.75, 3.05) is 16.5 Å². The van der Waals surface area contributed by atoms with Crippen molar-refractivity contribution in [1.29, 1.82) is 0 Å². The molecule has 3 heterocycles. The Bertz CT molecular complexity index is 4440. The maximum atomic E-state index is 6.94. The lowest BCUT2D eigenvalue weighted by Crippen LogP contribution is -2.28. The molecule has 5 nitrogen and oxygen atoms in total. The summed E-state index contributed by atoms with van der Waals surface area (Å²) < 4.78 is 9.22. The van der Waals surface area contributed by atoms with Gasteiger partial charge in [-0.25, -0.2) is 4.98 Å². The number of rotatable bonds is 9. The number of hydrogen-bond donors (Lipinski definition) is 0. The Balaban J connectivity index is 0.908. The number of fused-ring (bicyclic) bond motifs is 7. The normalized spacial score (nSPS) is 13.8. The lowest BCUT2D eigenvalue weighted by molar-refractivity contribution is 0.483. The molecule has 5 heteroatoms. The van der Waals surface area contributed by atoms with Crippen molar-refractivity contribution in [3.05, 3.63) is 288 Å². The van der Waals surface area contributed by atoms with E-state index in [4.69, 9.17) is 9.72 Å². The van der Waals surface area contributed by atoms with Crippen LogP contribution in [0.2, 0.25) is 0 Å². The monoisotopic (exact) mass is 1090 g/mol. The molecule has 2 aromatic heterocycles. The third-order valence-electron chi connectivity index (χ3n) is 17.6. The van der Waals surface area contributed by atoms with Gasteiger partial charge in [0.1, 0.15) is 24.0 Å². The Kier molecular flexibility index (Phi) is 12.5. The standard InChI is InChI=1S/C79H70N4O/c1-76(2,3)56-42-43-80-74(48-56)83-70-35-19-17-31-65(70)66-40-39-61(50-73(66)83)84-60-29-22-28-59(49-60)81-51-82(72-37-21-20-36-71(72)81)75-62(32-23-33-63(75)53-44-57(77(4,5)6)47-58(45-53)78(7,8)9)52-38-41-69-67(46-52)64-30-16-18-34-68(64)79(69,54-24-12-10-13-25-54)55-26-14-11-15-27-55/h10-50H,51H2,1-9H3. The summed E-state index contributed by atoms with van der Waals surface area (Å²) in [6.07, 6.45) is 1.93. The summed E-state index contributed by atoms with van der Waals surface area (Å²) in [6.45, 7) is 21.3. The van der Waals surface area contributed by atoms with E-state index in [9.17, 15) is 0 Å². The number of nitrogens with zero attached hydrogens (tertiary/aromatic N) is 4. The van der Waals surface area contributed by atoms with Gasteiger partial charge in [0.25, 0.3) is 0 Å². The first-order valence-corrected chi connectivity index (χ1v) is 29.6. The van der Waals surface area contributed by atoms with Crippen LogP contribution in [0, 0.1) is 0 Å². The number of aromatic nitrogens is 2. The van der Waals surface area contributed by atoms with Crippen molar-refractivity contribution < 1.29 is 4.74 Å². The minimum atomic E-state index is -0.496. The first-order chi connectivity index (χ1) is 40.5. The molecule has 2 aliphatic rings. The van der Waals surface area contributed by atoms with Gasteiger partial charge in [-0.1, -0.05) is 232 Å². The molecule has 0 saturated carbocycles. The highest BCUT2D eigenvalue weighted by molar-refractivity contribution is 6.09. The lowest BCUT2D eigenvalue weighted by atomic mass is 9.67. The van der Waals surface area contributed by atoms with E-state index < -0.39 is 5.41 Å². The van der Waals surface area contributed by atoms with Gasteiger partial charge in [0.2, 0.25) is 0 Å². The van der Waals surface area contributed by atoms with E-state index in [0.29, 0.717) is 6.67 Å². The first kappa shape index (κ1) is 52.6. The van der Waals surface area contributed by atoms with Gasteiger partial charge in [-0.3, -0.25) is 4.57 Å². The predicted octanol–water partition coefficient (Wildman–Crippen LogP) is 20.8. The number of hydrogen-bond acceptors (Lipinski definition) is 4. The average Bonchev–Trinajstić information content (AvgIpc) is 1.86. The summed E-state index contributed by atoms with van der Waals surface area (Å²) in [4.78, 5) is 9.94. The van der Waals surface area contributed by atoms with Crippen LogP contribution in [0.25, 0.3) is 61.0 Å². The van der Waals surface area contributed by atoms with Crippen molar-refractivity contribution >= 4 is 44.6 Å². The molecule has 0 bridgehead atoms. The molecule has 0 saturated heterocycles. The van der Waals surface area contributed by atoms with Crippen LogP contribution >= 0.6 is 0 Å². The third-order valence-corrected chi connectivity index (χ3v) is 17.6. The molecule has 0 amide bonds. The zero-order chi connectivity index (χ0) is 57.7. The van der Waals surface area contributed by atoms with Gasteiger partial charge in [-0.15, -0.1) is 0 Å². The summed E-state index contributed by atoms with van der Waals surface area (Å²) in [5, 5.41) is 2.33. The van der Waals surface area contributed by atoms with Gasteiger partial charge < -0.3 is 14.5 Å². The van der Waals surface area contributed by atoms with Crippen LogP contribution in [0.3, 0.4) is 0 Å². The molecule has 1 aliphatic heterocycles. The molecule has 1 aliphatic carbocycles. The highest BCUT2D eigenvalue weighted by atomic mass is 16.5. The Morgan fingerprint density at radius 1 is 0.393 bits per heavy atom. The summed E-state index contributed by atoms with van der Waals surface area (Å²) in [5.74, 6) is 2.40. The van der Waals surface area contributed by atoms with Gasteiger partial charge in [0, 0.05) is 45.9 Å². The van der Waals surface area contributed by atoms with E-state index in [2.05, 4.69) is 319 Å². The molecule has 0 spiro atoms. The van der Waals surface area contributed by atoms with E-state index in [1.165, 1.54) is 83.4 Å². The van der Waals surface area contributed by atoms with E-state index in [0.717, 1.165) is 50.8 Å². The van der Waals surface area contributed by atoms with Gasteiger partial charge in [-0.2, -0.15) is 0 Å². The van der Waals surface area contributed by atoms with Crippen molar-refractivity contribution in [2.45, 2.75) is 84.0 Å². The van der Waals surface area contributed by atoms with Crippen LogP contribution in [-0.4, -0.2) is 16.2 Å². The summed E-state index contributed by atoms with van der Waals surface area (Å²) >= 11 is 0. The number of para-hydroxylation sites is 4. The topological polar surface area (TPSA) is 33.5 Å². The second-order valence-corrected chi connectivity index (χ2v) is 26.1. The molecule has 0 fully saturated rings. The lowest BCUT2D eigenvalue weighted by Gasteiger charge is -2.34. The Morgan fingerprint density at radius 2 is 0.964 bits per heavy atom. The second-order valence-electron chi connectivity index (χ2n) is 26.1. The van der Waals surface area contributed by atoms with Crippen LogP contribution in [0.1, 0.15) is 101 Å². The largest absolute Gasteiger partial charge is 0.457 e. The van der Waals surface area contributed by atoms with Gasteiger partial charge >= 0.3 is 0 Å². The van der Waals surface area contributed by atoms with Gasteiger partial charge in [-0.05, 0) is 138 Å². The maximum Gasteiger partial charge on any atom is 0.137 e. The maximum absolute atomic E-state index is 6.94. The fourth-order valence-electron chi connectivity index (χ4n) is 13.3. The zero-order valence-corrected chi connectivity index (χ0v) is 49.6. The van der Waals surface area contributed by atoms with Crippen LogP contribution in [-0.2, 0) is 21.7 Å². The van der Waals surface area contributed by atoms with Crippen LogP contribution in [0.15, 0.2) is 249 Å². The fraction of sp³-hybridized carbons (Fsp3) is 0.177. The quantitative estimate of drug-likeness (QED) is 0.144. The van der Waals surface area contributed by atoms with Crippen LogP contribution in [0.4, 0.5) is 22.7 Å². The van der Waals surface area contributed by atoms with E-state index in [-0.39, 0.29) is 16.2 Å². The number of ether oxygens (including phenoxy) is 1. The van der Waals surface area contributed by atoms with Crippen LogP contribution < -0.4 is 14.5 Å². The predicted molar refractivity (Wildman–Crippen MR) is 351 cm³/mol. The highest BCUT2D eigenvalue weighted by Gasteiger charge is 2.46. The molecule has 10 aromatic carbocycles.